The number of rotatable bonds is 4. The first-order chi connectivity index (χ1) is 6.22. The highest BCUT2D eigenvalue weighted by atomic mass is 14.9. The van der Waals surface area contributed by atoms with E-state index in [0.717, 1.165) is 30.8 Å². The summed E-state index contributed by atoms with van der Waals surface area (Å²) in [6.45, 7) is 4.04. The lowest BCUT2D eigenvalue weighted by Gasteiger charge is -2.09. The van der Waals surface area contributed by atoms with Gasteiger partial charge in [0.1, 0.15) is 5.82 Å². The van der Waals surface area contributed by atoms with Crippen LogP contribution in [0.15, 0.2) is 12.3 Å². The third-order valence-electron chi connectivity index (χ3n) is 1.96. The molecule has 0 fully saturated rings. The Bertz CT molecular complexity index is 260. The maximum atomic E-state index is 5.91. The van der Waals surface area contributed by atoms with E-state index in [-0.39, 0.29) is 6.04 Å². The normalized spacial score (nSPS) is 12.8. The van der Waals surface area contributed by atoms with Crippen LogP contribution in [0.5, 0.6) is 0 Å². The van der Waals surface area contributed by atoms with E-state index < -0.39 is 0 Å². The van der Waals surface area contributed by atoms with Crippen LogP contribution in [0.3, 0.4) is 0 Å². The van der Waals surface area contributed by atoms with Gasteiger partial charge in [-0.05, 0) is 19.4 Å². The van der Waals surface area contributed by atoms with E-state index in [1.54, 1.807) is 6.20 Å². The molecule has 0 spiro atoms. The molecule has 2 N–H and O–H groups in total. The van der Waals surface area contributed by atoms with E-state index in [4.69, 9.17) is 5.73 Å². The molecule has 1 aromatic rings. The second-order valence-electron chi connectivity index (χ2n) is 3.35. The fraction of sp³-hybridized carbons (Fsp3) is 0.600. The molecule has 1 unspecified atom stereocenters. The van der Waals surface area contributed by atoms with Gasteiger partial charge in [0.05, 0.1) is 0 Å². The van der Waals surface area contributed by atoms with Gasteiger partial charge in [-0.3, -0.25) is 0 Å². The highest BCUT2D eigenvalue weighted by molar-refractivity contribution is 5.03. The number of hydrogen-bond donors (Lipinski definition) is 1. The van der Waals surface area contributed by atoms with Crippen molar-refractivity contribution in [2.75, 3.05) is 0 Å². The number of aryl methyl sites for hydroxylation is 1. The molecule has 0 aromatic carbocycles. The Hall–Kier alpha value is -0.960. The smallest absolute Gasteiger partial charge is 0.125 e. The summed E-state index contributed by atoms with van der Waals surface area (Å²) in [5.74, 6) is 0.821. The fourth-order valence-corrected chi connectivity index (χ4v) is 1.36. The molecule has 0 saturated heterocycles. The Morgan fingerprint density at radius 1 is 1.54 bits per heavy atom. The monoisotopic (exact) mass is 179 g/mol. The molecule has 1 atom stereocenters. The first kappa shape index (κ1) is 10.1. The minimum Gasteiger partial charge on any atom is -0.327 e. The van der Waals surface area contributed by atoms with Crippen molar-refractivity contribution in [2.45, 2.75) is 39.2 Å². The number of nitrogens with two attached hydrogens (primary N) is 1. The average Bonchev–Trinajstić information content (AvgIpc) is 2.04. The van der Waals surface area contributed by atoms with Crippen molar-refractivity contribution in [1.82, 2.24) is 9.97 Å². The summed E-state index contributed by atoms with van der Waals surface area (Å²) < 4.78 is 0. The van der Waals surface area contributed by atoms with Crippen molar-refractivity contribution in [1.29, 1.82) is 0 Å². The summed E-state index contributed by atoms with van der Waals surface area (Å²) in [7, 11) is 0. The molecule has 0 aliphatic carbocycles. The summed E-state index contributed by atoms with van der Waals surface area (Å²) in [6, 6.07) is 2.17. The zero-order chi connectivity index (χ0) is 9.68. The lowest BCUT2D eigenvalue weighted by atomic mass is 10.1. The molecule has 3 heteroatoms. The lowest BCUT2D eigenvalue weighted by Crippen LogP contribution is -2.23. The Kier molecular flexibility index (Phi) is 3.83. The fourth-order valence-electron chi connectivity index (χ4n) is 1.36. The van der Waals surface area contributed by atoms with Crippen LogP contribution in [-0.4, -0.2) is 16.0 Å². The topological polar surface area (TPSA) is 51.8 Å². The van der Waals surface area contributed by atoms with Crippen LogP contribution >= 0.6 is 0 Å². The number of aromatic nitrogens is 2. The quantitative estimate of drug-likeness (QED) is 0.761. The maximum Gasteiger partial charge on any atom is 0.125 e. The number of nitrogens with zero attached hydrogens (tertiary/aromatic N) is 2. The first-order valence-corrected chi connectivity index (χ1v) is 4.76. The molecule has 13 heavy (non-hydrogen) atoms. The molecular formula is C10H17N3. The Morgan fingerprint density at radius 2 is 2.31 bits per heavy atom. The molecule has 0 radical (unpaired) electrons. The van der Waals surface area contributed by atoms with Gasteiger partial charge in [0.15, 0.2) is 0 Å². The van der Waals surface area contributed by atoms with Crippen LogP contribution in [0.25, 0.3) is 0 Å². The van der Waals surface area contributed by atoms with Gasteiger partial charge in [-0.1, -0.05) is 13.3 Å². The molecule has 1 rings (SSSR count). The van der Waals surface area contributed by atoms with Crippen LogP contribution in [-0.2, 0) is 6.42 Å². The minimum absolute atomic E-state index is 0.235. The lowest BCUT2D eigenvalue weighted by molar-refractivity contribution is 0.592. The number of hydrogen-bond acceptors (Lipinski definition) is 3. The standard InChI is InChI=1S/C10H17N3/c1-3-4-9(11)7-10-5-6-12-8(2)13-10/h5-6,9H,3-4,7,11H2,1-2H3. The average molecular weight is 179 g/mol. The Labute approximate surface area is 79.4 Å². The third kappa shape index (κ3) is 3.51. The molecule has 0 saturated carbocycles. The van der Waals surface area contributed by atoms with E-state index in [1.807, 2.05) is 13.0 Å². The first-order valence-electron chi connectivity index (χ1n) is 4.76. The Balaban J connectivity index is 2.53. The van der Waals surface area contributed by atoms with Crippen LogP contribution in [0.2, 0.25) is 0 Å². The SMILES string of the molecule is CCCC(N)Cc1ccnc(C)n1. The highest BCUT2D eigenvalue weighted by Crippen LogP contribution is 2.02. The van der Waals surface area contributed by atoms with E-state index >= 15 is 0 Å². The molecule has 72 valence electrons. The van der Waals surface area contributed by atoms with Crippen molar-refractivity contribution in [3.8, 4) is 0 Å². The van der Waals surface area contributed by atoms with E-state index in [2.05, 4.69) is 16.9 Å². The zero-order valence-corrected chi connectivity index (χ0v) is 8.33. The van der Waals surface area contributed by atoms with Gasteiger partial charge in [0.25, 0.3) is 0 Å². The molecule has 0 amide bonds. The van der Waals surface area contributed by atoms with Gasteiger partial charge in [-0.15, -0.1) is 0 Å². The second-order valence-corrected chi connectivity index (χ2v) is 3.35. The zero-order valence-electron chi connectivity index (χ0n) is 8.33. The molecule has 0 bridgehead atoms. The van der Waals surface area contributed by atoms with Gasteiger partial charge < -0.3 is 5.73 Å². The molecule has 0 aliphatic heterocycles. The summed E-state index contributed by atoms with van der Waals surface area (Å²) in [4.78, 5) is 8.35. The molecule has 3 nitrogen and oxygen atoms in total. The van der Waals surface area contributed by atoms with Gasteiger partial charge in [0, 0.05) is 24.4 Å². The van der Waals surface area contributed by atoms with Crippen LogP contribution in [0.4, 0.5) is 0 Å². The predicted molar refractivity (Wildman–Crippen MR) is 53.4 cm³/mol. The molecular weight excluding hydrogens is 162 g/mol. The van der Waals surface area contributed by atoms with E-state index in [0.29, 0.717) is 0 Å². The molecule has 1 aromatic heterocycles. The van der Waals surface area contributed by atoms with Gasteiger partial charge >= 0.3 is 0 Å². The van der Waals surface area contributed by atoms with Crippen LogP contribution in [0, 0.1) is 6.92 Å². The summed E-state index contributed by atoms with van der Waals surface area (Å²) in [6.07, 6.45) is 4.84. The predicted octanol–water partition coefficient (Wildman–Crippen LogP) is 1.45. The molecule has 1 heterocycles. The van der Waals surface area contributed by atoms with Gasteiger partial charge in [-0.2, -0.15) is 0 Å². The highest BCUT2D eigenvalue weighted by Gasteiger charge is 2.03. The second kappa shape index (κ2) is 4.92. The summed E-state index contributed by atoms with van der Waals surface area (Å²) in [5.41, 5.74) is 6.96. The van der Waals surface area contributed by atoms with Crippen molar-refractivity contribution >= 4 is 0 Å². The summed E-state index contributed by atoms with van der Waals surface area (Å²) in [5, 5.41) is 0. The van der Waals surface area contributed by atoms with E-state index in [1.165, 1.54) is 0 Å². The van der Waals surface area contributed by atoms with Gasteiger partial charge in [0.2, 0.25) is 0 Å². The summed E-state index contributed by atoms with van der Waals surface area (Å²) >= 11 is 0. The van der Waals surface area contributed by atoms with E-state index in [9.17, 15) is 0 Å². The van der Waals surface area contributed by atoms with Gasteiger partial charge in [-0.25, -0.2) is 9.97 Å². The van der Waals surface area contributed by atoms with Crippen LogP contribution < -0.4 is 5.73 Å². The third-order valence-corrected chi connectivity index (χ3v) is 1.96. The Morgan fingerprint density at radius 3 is 2.92 bits per heavy atom. The minimum atomic E-state index is 0.235. The van der Waals surface area contributed by atoms with Crippen molar-refractivity contribution in [3.05, 3.63) is 23.8 Å². The van der Waals surface area contributed by atoms with Crippen molar-refractivity contribution in [2.24, 2.45) is 5.73 Å². The van der Waals surface area contributed by atoms with Crippen LogP contribution in [0.1, 0.15) is 31.3 Å². The molecule has 0 aliphatic rings. The maximum absolute atomic E-state index is 5.91. The largest absolute Gasteiger partial charge is 0.327 e. The van der Waals surface area contributed by atoms with Crippen molar-refractivity contribution < 1.29 is 0 Å². The van der Waals surface area contributed by atoms with Crippen molar-refractivity contribution in [3.63, 3.8) is 0 Å².